The highest BCUT2D eigenvalue weighted by molar-refractivity contribution is 5.35. The standard InChI is InChI=1S/C10H15.C3H8O2/c1-3-9(4-2)10-7-5-6-8-10;1-3(2)5-4/h5-9H,3-4H2,1-2H3;3-4H,1-2H3. The topological polar surface area (TPSA) is 29.5 Å². The van der Waals surface area contributed by atoms with Gasteiger partial charge in [0.25, 0.3) is 0 Å². The van der Waals surface area contributed by atoms with E-state index in [1.54, 1.807) is 13.8 Å². The lowest BCUT2D eigenvalue weighted by Gasteiger charge is -2.12. The molecule has 0 aromatic rings. The molecule has 0 aromatic carbocycles. The predicted octanol–water partition coefficient (Wildman–Crippen LogP) is 4.01. The van der Waals surface area contributed by atoms with Gasteiger partial charge in [0.2, 0.25) is 0 Å². The minimum atomic E-state index is -0.0602. The number of allylic oxidation sites excluding steroid dienone is 4. The zero-order valence-corrected chi connectivity index (χ0v) is 10.2. The van der Waals surface area contributed by atoms with Gasteiger partial charge < -0.3 is 0 Å². The van der Waals surface area contributed by atoms with Crippen molar-refractivity contribution in [2.24, 2.45) is 5.92 Å². The third-order valence-corrected chi connectivity index (χ3v) is 2.36. The van der Waals surface area contributed by atoms with Gasteiger partial charge in [-0.3, -0.25) is 5.26 Å². The summed E-state index contributed by atoms with van der Waals surface area (Å²) in [4.78, 5) is 3.75. The van der Waals surface area contributed by atoms with Crippen molar-refractivity contribution >= 4 is 0 Å². The van der Waals surface area contributed by atoms with E-state index in [4.69, 9.17) is 5.26 Å². The van der Waals surface area contributed by atoms with E-state index in [-0.39, 0.29) is 6.10 Å². The van der Waals surface area contributed by atoms with Crippen molar-refractivity contribution in [3.05, 3.63) is 30.2 Å². The van der Waals surface area contributed by atoms with Gasteiger partial charge in [0.15, 0.2) is 0 Å². The van der Waals surface area contributed by atoms with Gasteiger partial charge in [0.05, 0.1) is 6.10 Å². The maximum atomic E-state index is 7.64. The molecule has 1 aliphatic carbocycles. The minimum absolute atomic E-state index is 0.0602. The largest absolute Gasteiger partial charge is 0.252 e. The molecule has 15 heavy (non-hydrogen) atoms. The zero-order valence-electron chi connectivity index (χ0n) is 10.2. The van der Waals surface area contributed by atoms with Crippen LogP contribution in [0.4, 0.5) is 0 Å². The van der Waals surface area contributed by atoms with Gasteiger partial charge in [0.1, 0.15) is 0 Å². The summed E-state index contributed by atoms with van der Waals surface area (Å²) in [5, 5.41) is 7.64. The van der Waals surface area contributed by atoms with Crippen molar-refractivity contribution in [3.63, 3.8) is 0 Å². The van der Waals surface area contributed by atoms with E-state index in [9.17, 15) is 0 Å². The molecule has 1 N–H and O–H groups in total. The Balaban J connectivity index is 0.000000336. The highest BCUT2D eigenvalue weighted by atomic mass is 17.1. The molecule has 1 rings (SSSR count). The first-order chi connectivity index (χ1) is 7.15. The molecule has 0 heterocycles. The fraction of sp³-hybridized carbons (Fsp3) is 0.615. The highest BCUT2D eigenvalue weighted by Gasteiger charge is 2.09. The van der Waals surface area contributed by atoms with E-state index >= 15 is 0 Å². The van der Waals surface area contributed by atoms with Crippen molar-refractivity contribution in [2.75, 3.05) is 0 Å². The van der Waals surface area contributed by atoms with Crippen molar-refractivity contribution in [3.8, 4) is 0 Å². The van der Waals surface area contributed by atoms with Crippen molar-refractivity contribution in [1.29, 1.82) is 0 Å². The number of rotatable bonds is 4. The van der Waals surface area contributed by atoms with Crippen molar-refractivity contribution < 1.29 is 10.1 Å². The average Bonchev–Trinajstić information content (AvgIpc) is 2.74. The molecule has 0 spiro atoms. The Morgan fingerprint density at radius 1 is 1.20 bits per heavy atom. The van der Waals surface area contributed by atoms with Crippen molar-refractivity contribution in [2.45, 2.75) is 46.6 Å². The van der Waals surface area contributed by atoms with Gasteiger partial charge in [0, 0.05) is 6.42 Å². The fourth-order valence-corrected chi connectivity index (χ4v) is 1.42. The quantitative estimate of drug-likeness (QED) is 0.562. The molecule has 0 aliphatic heterocycles. The van der Waals surface area contributed by atoms with Gasteiger partial charge in [-0.2, -0.15) is 0 Å². The molecule has 0 atom stereocenters. The van der Waals surface area contributed by atoms with E-state index in [0.717, 1.165) is 5.92 Å². The molecule has 0 bridgehead atoms. The molecule has 2 nitrogen and oxygen atoms in total. The molecule has 0 saturated carbocycles. The summed E-state index contributed by atoms with van der Waals surface area (Å²) < 4.78 is 0. The average molecular weight is 211 g/mol. The van der Waals surface area contributed by atoms with Crippen LogP contribution in [0.5, 0.6) is 0 Å². The second kappa shape index (κ2) is 8.69. The molecular weight excluding hydrogens is 188 g/mol. The summed E-state index contributed by atoms with van der Waals surface area (Å²) in [6, 6.07) is 0. The summed E-state index contributed by atoms with van der Waals surface area (Å²) in [5.74, 6) is 0.787. The minimum Gasteiger partial charge on any atom is -0.252 e. The van der Waals surface area contributed by atoms with Gasteiger partial charge in [-0.25, -0.2) is 4.89 Å². The SMILES string of the molecule is CC(C)OO.CCC(CC)C1=CC=C[CH]1. The van der Waals surface area contributed by atoms with Gasteiger partial charge in [-0.1, -0.05) is 37.6 Å². The van der Waals surface area contributed by atoms with Gasteiger partial charge in [-0.05, 0) is 32.6 Å². The second-order valence-electron chi connectivity index (χ2n) is 3.89. The van der Waals surface area contributed by atoms with E-state index in [0.29, 0.717) is 0 Å². The normalized spacial score (nSPS) is 14.2. The van der Waals surface area contributed by atoms with Crippen LogP contribution < -0.4 is 0 Å². The zero-order chi connectivity index (χ0) is 11.7. The number of hydrogen-bond acceptors (Lipinski definition) is 2. The van der Waals surface area contributed by atoms with Crippen LogP contribution in [-0.4, -0.2) is 11.4 Å². The van der Waals surface area contributed by atoms with E-state index in [1.165, 1.54) is 18.4 Å². The summed E-state index contributed by atoms with van der Waals surface area (Å²) in [7, 11) is 0. The maximum absolute atomic E-state index is 7.64. The van der Waals surface area contributed by atoms with E-state index in [2.05, 4.69) is 43.4 Å². The van der Waals surface area contributed by atoms with Crippen LogP contribution in [-0.2, 0) is 4.89 Å². The first kappa shape index (κ1) is 14.4. The molecule has 0 saturated heterocycles. The highest BCUT2D eigenvalue weighted by Crippen LogP contribution is 2.24. The maximum Gasteiger partial charge on any atom is 0.0871 e. The molecule has 1 radical (unpaired) electrons. The Morgan fingerprint density at radius 3 is 2.00 bits per heavy atom. The molecule has 2 heteroatoms. The Morgan fingerprint density at radius 2 is 1.73 bits per heavy atom. The molecule has 1 aliphatic rings. The van der Waals surface area contributed by atoms with Crippen LogP contribution in [0.15, 0.2) is 23.8 Å². The summed E-state index contributed by atoms with van der Waals surface area (Å²) in [6.07, 6.45) is 11.1. The summed E-state index contributed by atoms with van der Waals surface area (Å²) >= 11 is 0. The third-order valence-electron chi connectivity index (χ3n) is 2.36. The van der Waals surface area contributed by atoms with Crippen LogP contribution in [0.25, 0.3) is 0 Å². The first-order valence-corrected chi connectivity index (χ1v) is 5.67. The molecule has 87 valence electrons. The molecular formula is C13H23O2. The smallest absolute Gasteiger partial charge is 0.0871 e. The van der Waals surface area contributed by atoms with Crippen LogP contribution in [0.3, 0.4) is 0 Å². The van der Waals surface area contributed by atoms with E-state index in [1.807, 2.05) is 0 Å². The van der Waals surface area contributed by atoms with E-state index < -0.39 is 0 Å². The number of hydrogen-bond donors (Lipinski definition) is 1. The van der Waals surface area contributed by atoms with Crippen LogP contribution >= 0.6 is 0 Å². The van der Waals surface area contributed by atoms with Gasteiger partial charge in [-0.15, -0.1) is 0 Å². The summed E-state index contributed by atoms with van der Waals surface area (Å²) in [5.41, 5.74) is 1.50. The lowest BCUT2D eigenvalue weighted by Crippen LogP contribution is -1.99. The van der Waals surface area contributed by atoms with Crippen molar-refractivity contribution in [1.82, 2.24) is 0 Å². The summed E-state index contributed by atoms with van der Waals surface area (Å²) in [6.45, 7) is 8.00. The molecule has 0 unspecified atom stereocenters. The Labute approximate surface area is 93.6 Å². The first-order valence-electron chi connectivity index (χ1n) is 5.67. The predicted molar refractivity (Wildman–Crippen MR) is 64.4 cm³/mol. The third kappa shape index (κ3) is 6.47. The monoisotopic (exact) mass is 211 g/mol. The molecule has 0 amide bonds. The molecule has 0 aromatic heterocycles. The second-order valence-corrected chi connectivity index (χ2v) is 3.89. The van der Waals surface area contributed by atoms with Crippen LogP contribution in [0.2, 0.25) is 0 Å². The lowest BCUT2D eigenvalue weighted by molar-refractivity contribution is -0.269. The lowest BCUT2D eigenvalue weighted by atomic mass is 9.93. The Hall–Kier alpha value is -0.600. The Kier molecular flexibility index (Phi) is 8.34. The van der Waals surface area contributed by atoms with Crippen LogP contribution in [0, 0.1) is 12.3 Å². The molecule has 0 fully saturated rings. The van der Waals surface area contributed by atoms with Gasteiger partial charge >= 0.3 is 0 Å². The van der Waals surface area contributed by atoms with Crippen LogP contribution in [0.1, 0.15) is 40.5 Å². The Bertz CT molecular complexity index is 201. The fourth-order valence-electron chi connectivity index (χ4n) is 1.42.